The lowest BCUT2D eigenvalue weighted by Crippen LogP contribution is -2.42. The summed E-state index contributed by atoms with van der Waals surface area (Å²) < 4.78 is 4.85. The van der Waals surface area contributed by atoms with Crippen molar-refractivity contribution in [1.29, 1.82) is 0 Å². The molecular weight excluding hydrogens is 164 g/mol. The van der Waals surface area contributed by atoms with Crippen molar-refractivity contribution in [3.05, 3.63) is 0 Å². The highest BCUT2D eigenvalue weighted by atomic mass is 16.6. The number of cyclic esters (lactones) is 1. The Labute approximate surface area is 79.7 Å². The van der Waals surface area contributed by atoms with Crippen LogP contribution in [0, 0.1) is 17.8 Å². The molecule has 0 spiro atoms. The summed E-state index contributed by atoms with van der Waals surface area (Å²) >= 11 is 0. The van der Waals surface area contributed by atoms with Gasteiger partial charge in [-0.1, -0.05) is 31.6 Å². The van der Waals surface area contributed by atoms with Crippen molar-refractivity contribution in [3.8, 4) is 11.8 Å². The SMILES string of the molecule is CCCCCC#C[C@H]1OC(=O)[C@@H]1C. The number of carbonyl (C=O) groups is 1. The van der Waals surface area contributed by atoms with Gasteiger partial charge >= 0.3 is 5.97 Å². The van der Waals surface area contributed by atoms with Crippen molar-refractivity contribution in [2.75, 3.05) is 0 Å². The quantitative estimate of drug-likeness (QED) is 0.378. The van der Waals surface area contributed by atoms with Crippen molar-refractivity contribution >= 4 is 5.97 Å². The second-order valence-electron chi connectivity index (χ2n) is 3.42. The first kappa shape index (κ1) is 10.1. The van der Waals surface area contributed by atoms with E-state index in [0.29, 0.717) is 0 Å². The van der Waals surface area contributed by atoms with Gasteiger partial charge in [0.1, 0.15) is 5.92 Å². The molecule has 0 amide bonds. The number of unbranched alkanes of at least 4 members (excludes halogenated alkanes) is 3. The van der Waals surface area contributed by atoms with Crippen LogP contribution in [0.15, 0.2) is 0 Å². The molecule has 1 aliphatic heterocycles. The first-order chi connectivity index (χ1) is 6.25. The Hall–Kier alpha value is -0.970. The zero-order chi connectivity index (χ0) is 9.68. The van der Waals surface area contributed by atoms with E-state index in [1.807, 2.05) is 6.92 Å². The monoisotopic (exact) mass is 180 g/mol. The summed E-state index contributed by atoms with van der Waals surface area (Å²) in [5, 5.41) is 0. The van der Waals surface area contributed by atoms with Crippen molar-refractivity contribution in [2.45, 2.75) is 45.6 Å². The summed E-state index contributed by atoms with van der Waals surface area (Å²) in [6.45, 7) is 4.03. The van der Waals surface area contributed by atoms with Crippen molar-refractivity contribution < 1.29 is 9.53 Å². The van der Waals surface area contributed by atoms with Crippen LogP contribution in [0.2, 0.25) is 0 Å². The van der Waals surface area contributed by atoms with E-state index in [2.05, 4.69) is 18.8 Å². The van der Waals surface area contributed by atoms with Crippen LogP contribution in [-0.4, -0.2) is 12.1 Å². The predicted octanol–water partition coefficient (Wildman–Crippen LogP) is 2.13. The highest BCUT2D eigenvalue weighted by Gasteiger charge is 2.36. The van der Waals surface area contributed by atoms with Gasteiger partial charge in [-0.3, -0.25) is 4.79 Å². The minimum atomic E-state index is -0.130. The largest absolute Gasteiger partial charge is 0.448 e. The lowest BCUT2D eigenvalue weighted by Gasteiger charge is -2.27. The summed E-state index contributed by atoms with van der Waals surface area (Å²) in [4.78, 5) is 10.7. The highest BCUT2D eigenvalue weighted by Crippen LogP contribution is 2.20. The van der Waals surface area contributed by atoms with Gasteiger partial charge in [0.15, 0.2) is 6.10 Å². The Kier molecular flexibility index (Phi) is 3.82. The molecule has 1 fully saturated rings. The van der Waals surface area contributed by atoms with Gasteiger partial charge in [0.2, 0.25) is 0 Å². The third-order valence-corrected chi connectivity index (χ3v) is 2.22. The van der Waals surface area contributed by atoms with Gasteiger partial charge < -0.3 is 4.74 Å². The lowest BCUT2D eigenvalue weighted by atomic mass is 10.00. The molecule has 1 aliphatic rings. The third kappa shape index (κ3) is 2.77. The average molecular weight is 180 g/mol. The van der Waals surface area contributed by atoms with Crippen LogP contribution in [0.25, 0.3) is 0 Å². The van der Waals surface area contributed by atoms with E-state index < -0.39 is 0 Å². The van der Waals surface area contributed by atoms with Gasteiger partial charge in [-0.2, -0.15) is 0 Å². The first-order valence-corrected chi connectivity index (χ1v) is 4.94. The lowest BCUT2D eigenvalue weighted by molar-refractivity contribution is -0.175. The Morgan fingerprint density at radius 1 is 1.46 bits per heavy atom. The molecule has 0 aromatic heterocycles. The molecule has 1 saturated heterocycles. The number of rotatable bonds is 3. The van der Waals surface area contributed by atoms with E-state index in [9.17, 15) is 4.79 Å². The molecule has 2 atom stereocenters. The molecule has 0 saturated carbocycles. The molecule has 0 bridgehead atoms. The second kappa shape index (κ2) is 4.91. The fraction of sp³-hybridized carbons (Fsp3) is 0.727. The maximum absolute atomic E-state index is 10.7. The molecule has 72 valence electrons. The van der Waals surface area contributed by atoms with E-state index in [-0.39, 0.29) is 18.0 Å². The molecule has 1 rings (SSSR count). The average Bonchev–Trinajstić information content (AvgIpc) is 2.15. The number of hydrogen-bond donors (Lipinski definition) is 0. The summed E-state index contributed by atoms with van der Waals surface area (Å²) in [7, 11) is 0. The predicted molar refractivity (Wildman–Crippen MR) is 51.0 cm³/mol. The summed E-state index contributed by atoms with van der Waals surface area (Å²) in [5.74, 6) is 5.88. The van der Waals surface area contributed by atoms with E-state index in [0.717, 1.165) is 12.8 Å². The van der Waals surface area contributed by atoms with Gasteiger partial charge in [0.05, 0.1) is 0 Å². The number of esters is 1. The van der Waals surface area contributed by atoms with E-state index in [4.69, 9.17) is 4.74 Å². The Balaban J connectivity index is 2.13. The van der Waals surface area contributed by atoms with Crippen LogP contribution < -0.4 is 0 Å². The maximum atomic E-state index is 10.7. The zero-order valence-corrected chi connectivity index (χ0v) is 8.30. The summed E-state index contributed by atoms with van der Waals surface area (Å²) in [6, 6.07) is 0. The molecule has 2 nitrogen and oxygen atoms in total. The highest BCUT2D eigenvalue weighted by molar-refractivity contribution is 5.79. The molecule has 0 aromatic carbocycles. The Bertz CT molecular complexity index is 234. The van der Waals surface area contributed by atoms with Crippen LogP contribution in [0.1, 0.15) is 39.5 Å². The van der Waals surface area contributed by atoms with Crippen molar-refractivity contribution in [2.24, 2.45) is 5.92 Å². The minimum absolute atomic E-state index is 0.0151. The number of carbonyl (C=O) groups excluding carboxylic acids is 1. The van der Waals surface area contributed by atoms with E-state index in [1.165, 1.54) is 12.8 Å². The molecule has 13 heavy (non-hydrogen) atoms. The third-order valence-electron chi connectivity index (χ3n) is 2.22. The topological polar surface area (TPSA) is 26.3 Å². The van der Waals surface area contributed by atoms with Crippen LogP contribution in [0.5, 0.6) is 0 Å². The number of ether oxygens (including phenoxy) is 1. The Morgan fingerprint density at radius 2 is 2.23 bits per heavy atom. The van der Waals surface area contributed by atoms with Gasteiger partial charge in [0.25, 0.3) is 0 Å². The first-order valence-electron chi connectivity index (χ1n) is 4.94. The molecule has 2 heteroatoms. The zero-order valence-electron chi connectivity index (χ0n) is 8.30. The molecule has 0 radical (unpaired) electrons. The summed E-state index contributed by atoms with van der Waals surface area (Å²) in [6.07, 6.45) is 4.40. The molecule has 0 N–H and O–H groups in total. The normalized spacial score (nSPS) is 25.5. The fourth-order valence-electron chi connectivity index (χ4n) is 1.18. The molecule has 1 heterocycles. The van der Waals surface area contributed by atoms with Crippen molar-refractivity contribution in [3.63, 3.8) is 0 Å². The van der Waals surface area contributed by atoms with Gasteiger partial charge in [-0.15, -0.1) is 0 Å². The smallest absolute Gasteiger partial charge is 0.314 e. The fourth-order valence-corrected chi connectivity index (χ4v) is 1.18. The molecular formula is C11H16O2. The van der Waals surface area contributed by atoms with Crippen LogP contribution in [0.3, 0.4) is 0 Å². The van der Waals surface area contributed by atoms with Crippen molar-refractivity contribution in [1.82, 2.24) is 0 Å². The van der Waals surface area contributed by atoms with Gasteiger partial charge in [-0.25, -0.2) is 0 Å². The second-order valence-corrected chi connectivity index (χ2v) is 3.42. The Morgan fingerprint density at radius 3 is 2.77 bits per heavy atom. The van der Waals surface area contributed by atoms with E-state index in [1.54, 1.807) is 0 Å². The number of hydrogen-bond acceptors (Lipinski definition) is 2. The molecule has 0 unspecified atom stereocenters. The summed E-state index contributed by atoms with van der Waals surface area (Å²) in [5.41, 5.74) is 0. The molecule has 0 aromatic rings. The van der Waals surface area contributed by atoms with Crippen LogP contribution >= 0.6 is 0 Å². The van der Waals surface area contributed by atoms with Gasteiger partial charge in [-0.05, 0) is 13.3 Å². The van der Waals surface area contributed by atoms with Crippen LogP contribution in [-0.2, 0) is 9.53 Å². The van der Waals surface area contributed by atoms with Crippen LogP contribution in [0.4, 0.5) is 0 Å². The van der Waals surface area contributed by atoms with E-state index >= 15 is 0 Å². The van der Waals surface area contributed by atoms with Gasteiger partial charge in [0, 0.05) is 6.42 Å². The minimum Gasteiger partial charge on any atom is -0.448 e. The molecule has 0 aliphatic carbocycles. The standard InChI is InChI=1S/C11H16O2/c1-3-4-5-6-7-8-10-9(2)11(12)13-10/h9-10H,3-6H2,1-2H3/t9-,10-/m1/s1. The maximum Gasteiger partial charge on any atom is 0.314 e.